The predicted molar refractivity (Wildman–Crippen MR) is 87.4 cm³/mol. The first-order chi connectivity index (χ1) is 10.2. The molecule has 0 saturated heterocycles. The Hall–Kier alpha value is -1.09. The van der Waals surface area contributed by atoms with Gasteiger partial charge in [-0.05, 0) is 37.6 Å². The molecular formula is C18H30FNO. The van der Waals surface area contributed by atoms with E-state index in [1.165, 1.54) is 25.7 Å². The van der Waals surface area contributed by atoms with Crippen LogP contribution in [0.25, 0.3) is 0 Å². The maximum absolute atomic E-state index is 14.0. The van der Waals surface area contributed by atoms with Gasteiger partial charge in [-0.3, -0.25) is 0 Å². The number of hydrogen-bond donors (Lipinski definition) is 1. The zero-order chi connectivity index (χ0) is 15.5. The first-order valence-electron chi connectivity index (χ1n) is 8.34. The zero-order valence-corrected chi connectivity index (χ0v) is 13.8. The molecule has 0 aliphatic heterocycles. The molecule has 0 saturated carbocycles. The Balaban J connectivity index is 2.32. The van der Waals surface area contributed by atoms with Gasteiger partial charge in [0.15, 0.2) is 11.6 Å². The highest BCUT2D eigenvalue weighted by molar-refractivity contribution is 5.30. The SMILES string of the molecule is CCCCCCCCOc1ccc(C(C)NCC)cc1F. The number of nitrogens with one attached hydrogen (secondary N) is 1. The van der Waals surface area contributed by atoms with E-state index in [9.17, 15) is 4.39 Å². The molecule has 0 bridgehead atoms. The Morgan fingerprint density at radius 1 is 1.10 bits per heavy atom. The molecule has 21 heavy (non-hydrogen) atoms. The van der Waals surface area contributed by atoms with Crippen LogP contribution in [-0.4, -0.2) is 13.2 Å². The second-order valence-electron chi connectivity index (χ2n) is 5.59. The summed E-state index contributed by atoms with van der Waals surface area (Å²) >= 11 is 0. The topological polar surface area (TPSA) is 21.3 Å². The standard InChI is InChI=1S/C18H30FNO/c1-4-6-7-8-9-10-13-21-18-12-11-16(14-17(18)19)15(3)20-5-2/h11-12,14-15,20H,4-10,13H2,1-3H3. The molecule has 1 N–H and O–H groups in total. The van der Waals surface area contributed by atoms with Crippen molar-refractivity contribution in [2.45, 2.75) is 65.3 Å². The van der Waals surface area contributed by atoms with E-state index < -0.39 is 0 Å². The van der Waals surface area contributed by atoms with Crippen molar-refractivity contribution < 1.29 is 9.13 Å². The minimum atomic E-state index is -0.261. The number of hydrogen-bond acceptors (Lipinski definition) is 2. The molecular weight excluding hydrogens is 265 g/mol. The van der Waals surface area contributed by atoms with E-state index in [1.807, 2.05) is 19.9 Å². The maximum atomic E-state index is 14.0. The van der Waals surface area contributed by atoms with Crippen molar-refractivity contribution in [3.05, 3.63) is 29.6 Å². The molecule has 0 spiro atoms. The van der Waals surface area contributed by atoms with Gasteiger partial charge in [-0.1, -0.05) is 52.0 Å². The van der Waals surface area contributed by atoms with E-state index in [-0.39, 0.29) is 11.9 Å². The molecule has 1 unspecified atom stereocenters. The van der Waals surface area contributed by atoms with Crippen LogP contribution in [0.1, 0.15) is 70.9 Å². The predicted octanol–water partition coefficient (Wildman–Crippen LogP) is 5.24. The molecule has 0 aliphatic carbocycles. The van der Waals surface area contributed by atoms with Gasteiger partial charge in [0.05, 0.1) is 6.61 Å². The molecule has 0 amide bonds. The van der Waals surface area contributed by atoms with Crippen LogP contribution in [0.2, 0.25) is 0 Å². The van der Waals surface area contributed by atoms with Gasteiger partial charge in [0.2, 0.25) is 0 Å². The minimum absolute atomic E-state index is 0.164. The Morgan fingerprint density at radius 2 is 1.81 bits per heavy atom. The van der Waals surface area contributed by atoms with Gasteiger partial charge in [0, 0.05) is 6.04 Å². The number of ether oxygens (including phenoxy) is 1. The lowest BCUT2D eigenvalue weighted by atomic mass is 10.1. The third-order valence-corrected chi connectivity index (χ3v) is 3.72. The third kappa shape index (κ3) is 6.94. The Bertz CT molecular complexity index is 395. The lowest BCUT2D eigenvalue weighted by Gasteiger charge is -2.14. The highest BCUT2D eigenvalue weighted by atomic mass is 19.1. The fourth-order valence-electron chi connectivity index (χ4n) is 2.39. The molecule has 1 atom stereocenters. The van der Waals surface area contributed by atoms with Crippen LogP contribution >= 0.6 is 0 Å². The van der Waals surface area contributed by atoms with Gasteiger partial charge in [0.25, 0.3) is 0 Å². The van der Waals surface area contributed by atoms with Crippen LogP contribution in [-0.2, 0) is 0 Å². The first kappa shape index (κ1) is 18.0. The van der Waals surface area contributed by atoms with Crippen molar-refractivity contribution in [3.63, 3.8) is 0 Å². The monoisotopic (exact) mass is 295 g/mol. The lowest BCUT2D eigenvalue weighted by Crippen LogP contribution is -2.17. The largest absolute Gasteiger partial charge is 0.491 e. The third-order valence-electron chi connectivity index (χ3n) is 3.72. The normalized spacial score (nSPS) is 12.4. The van der Waals surface area contributed by atoms with Gasteiger partial charge in [-0.2, -0.15) is 0 Å². The second-order valence-corrected chi connectivity index (χ2v) is 5.59. The quantitative estimate of drug-likeness (QED) is 0.564. The number of unbranched alkanes of at least 4 members (excludes halogenated alkanes) is 5. The highest BCUT2D eigenvalue weighted by Gasteiger charge is 2.09. The Labute approximate surface area is 129 Å². The fourth-order valence-corrected chi connectivity index (χ4v) is 2.39. The summed E-state index contributed by atoms with van der Waals surface area (Å²) in [5.41, 5.74) is 0.960. The van der Waals surface area contributed by atoms with Crippen LogP contribution in [0, 0.1) is 5.82 Å². The zero-order valence-electron chi connectivity index (χ0n) is 13.8. The molecule has 120 valence electrons. The minimum Gasteiger partial charge on any atom is -0.491 e. The van der Waals surface area contributed by atoms with E-state index in [0.717, 1.165) is 24.9 Å². The summed E-state index contributed by atoms with van der Waals surface area (Å²) in [6.45, 7) is 7.77. The fraction of sp³-hybridized carbons (Fsp3) is 0.667. The Kier molecular flexibility index (Phi) is 9.07. The van der Waals surface area contributed by atoms with E-state index in [4.69, 9.17) is 4.74 Å². The molecule has 0 aliphatic rings. The van der Waals surface area contributed by atoms with E-state index >= 15 is 0 Å². The first-order valence-corrected chi connectivity index (χ1v) is 8.34. The van der Waals surface area contributed by atoms with Gasteiger partial charge in [-0.15, -0.1) is 0 Å². The molecule has 0 radical (unpaired) electrons. The number of rotatable bonds is 11. The summed E-state index contributed by atoms with van der Waals surface area (Å²) in [6.07, 6.45) is 7.27. The summed E-state index contributed by atoms with van der Waals surface area (Å²) in [4.78, 5) is 0. The molecule has 3 heteroatoms. The highest BCUT2D eigenvalue weighted by Crippen LogP contribution is 2.22. The van der Waals surface area contributed by atoms with Crippen LogP contribution in [0.3, 0.4) is 0 Å². The van der Waals surface area contributed by atoms with E-state index in [0.29, 0.717) is 12.4 Å². The van der Waals surface area contributed by atoms with Gasteiger partial charge < -0.3 is 10.1 Å². The number of halogens is 1. The van der Waals surface area contributed by atoms with Crippen LogP contribution in [0.5, 0.6) is 5.75 Å². The van der Waals surface area contributed by atoms with Crippen molar-refractivity contribution in [1.82, 2.24) is 5.32 Å². The second kappa shape index (κ2) is 10.6. The summed E-state index contributed by atoms with van der Waals surface area (Å²) in [5, 5.41) is 3.28. The lowest BCUT2D eigenvalue weighted by molar-refractivity contribution is 0.289. The number of benzene rings is 1. The molecule has 1 rings (SSSR count). The van der Waals surface area contributed by atoms with Gasteiger partial charge >= 0.3 is 0 Å². The summed E-state index contributed by atoms with van der Waals surface area (Å²) in [5.74, 6) is 0.110. The maximum Gasteiger partial charge on any atom is 0.165 e. The van der Waals surface area contributed by atoms with Crippen molar-refractivity contribution in [1.29, 1.82) is 0 Å². The van der Waals surface area contributed by atoms with Gasteiger partial charge in [0.1, 0.15) is 0 Å². The van der Waals surface area contributed by atoms with Crippen LogP contribution in [0.15, 0.2) is 18.2 Å². The summed E-state index contributed by atoms with van der Waals surface area (Å²) in [7, 11) is 0. The van der Waals surface area contributed by atoms with Crippen LogP contribution < -0.4 is 10.1 Å². The average molecular weight is 295 g/mol. The molecule has 2 nitrogen and oxygen atoms in total. The van der Waals surface area contributed by atoms with Crippen molar-refractivity contribution >= 4 is 0 Å². The smallest absolute Gasteiger partial charge is 0.165 e. The molecule has 1 aromatic carbocycles. The average Bonchev–Trinajstić information content (AvgIpc) is 2.48. The van der Waals surface area contributed by atoms with E-state index in [1.54, 1.807) is 12.1 Å². The molecule has 0 heterocycles. The van der Waals surface area contributed by atoms with Gasteiger partial charge in [-0.25, -0.2) is 4.39 Å². The van der Waals surface area contributed by atoms with E-state index in [2.05, 4.69) is 12.2 Å². The Morgan fingerprint density at radius 3 is 2.48 bits per heavy atom. The molecule has 0 fully saturated rings. The van der Waals surface area contributed by atoms with Crippen molar-refractivity contribution in [3.8, 4) is 5.75 Å². The molecule has 0 aromatic heterocycles. The van der Waals surface area contributed by atoms with Crippen molar-refractivity contribution in [2.24, 2.45) is 0 Å². The van der Waals surface area contributed by atoms with Crippen molar-refractivity contribution in [2.75, 3.05) is 13.2 Å². The van der Waals surface area contributed by atoms with Crippen LogP contribution in [0.4, 0.5) is 4.39 Å². The molecule has 1 aromatic rings. The summed E-state index contributed by atoms with van der Waals surface area (Å²) in [6, 6.07) is 5.42. The summed E-state index contributed by atoms with van der Waals surface area (Å²) < 4.78 is 19.5.